The number of aryl methyl sites for hydroxylation is 1. The lowest BCUT2D eigenvalue weighted by Gasteiger charge is -2.02. The topological polar surface area (TPSA) is 26.5 Å². The van der Waals surface area contributed by atoms with E-state index < -0.39 is 11.6 Å². The highest BCUT2D eigenvalue weighted by Crippen LogP contribution is 2.27. The lowest BCUT2D eigenvalue weighted by atomic mass is 10.1. The summed E-state index contributed by atoms with van der Waals surface area (Å²) in [6, 6.07) is 5.90. The minimum Gasteiger partial charge on any atom is -0.493 e. The third-order valence-corrected chi connectivity index (χ3v) is 3.19. The quantitative estimate of drug-likeness (QED) is 0.713. The predicted molar refractivity (Wildman–Crippen MR) is 71.8 cm³/mol. The highest BCUT2D eigenvalue weighted by molar-refractivity contribution is 5.66. The average Bonchev–Trinajstić information content (AvgIpc) is 2.86. The molecule has 0 aliphatic carbocycles. The van der Waals surface area contributed by atoms with Gasteiger partial charge in [0.15, 0.2) is 11.4 Å². The van der Waals surface area contributed by atoms with E-state index in [1.807, 2.05) is 0 Å². The number of methoxy groups -OCH3 is 1. The third kappa shape index (κ3) is 1.91. The normalized spacial score (nSPS) is 11.0. The van der Waals surface area contributed by atoms with Gasteiger partial charge in [0, 0.05) is 18.0 Å². The molecule has 5 heteroatoms. The molecule has 3 aromatic rings. The third-order valence-electron chi connectivity index (χ3n) is 3.19. The van der Waals surface area contributed by atoms with E-state index in [0.717, 1.165) is 0 Å². The standard InChI is InChI=1S/C15H12F2N2O/c1-9-6-12(17)10(7-11(9)16)13-8-19-5-3-4-14(20-2)15(19)18-13/h3-8H,1-2H3. The van der Waals surface area contributed by atoms with E-state index in [-0.39, 0.29) is 11.1 Å². The monoisotopic (exact) mass is 274 g/mol. The van der Waals surface area contributed by atoms with Crippen molar-refractivity contribution in [1.82, 2.24) is 9.38 Å². The van der Waals surface area contributed by atoms with Crippen LogP contribution in [0, 0.1) is 18.6 Å². The molecule has 0 saturated carbocycles. The molecular weight excluding hydrogens is 262 g/mol. The fourth-order valence-corrected chi connectivity index (χ4v) is 2.12. The first-order chi connectivity index (χ1) is 9.60. The largest absolute Gasteiger partial charge is 0.493 e. The highest BCUT2D eigenvalue weighted by atomic mass is 19.1. The Bertz CT molecular complexity index is 796. The molecule has 0 amide bonds. The SMILES string of the molecule is COc1cccn2cc(-c3cc(F)c(C)cc3F)nc12. The summed E-state index contributed by atoms with van der Waals surface area (Å²) in [7, 11) is 1.54. The van der Waals surface area contributed by atoms with E-state index in [1.54, 1.807) is 28.9 Å². The Morgan fingerprint density at radius 2 is 2.00 bits per heavy atom. The minimum absolute atomic E-state index is 0.138. The molecule has 0 saturated heterocycles. The van der Waals surface area contributed by atoms with Crippen LogP contribution in [0.1, 0.15) is 5.56 Å². The van der Waals surface area contributed by atoms with Gasteiger partial charge in [0.25, 0.3) is 0 Å². The van der Waals surface area contributed by atoms with Crippen molar-refractivity contribution in [3.8, 4) is 17.0 Å². The van der Waals surface area contributed by atoms with Gasteiger partial charge in [-0.3, -0.25) is 0 Å². The zero-order valence-corrected chi connectivity index (χ0v) is 11.0. The molecule has 0 aliphatic heterocycles. The summed E-state index contributed by atoms with van der Waals surface area (Å²) in [6.45, 7) is 1.52. The summed E-state index contributed by atoms with van der Waals surface area (Å²) in [5.74, 6) is -0.372. The van der Waals surface area contributed by atoms with Crippen LogP contribution in [0.5, 0.6) is 5.75 Å². The second kappa shape index (κ2) is 4.59. The molecule has 0 N–H and O–H groups in total. The van der Waals surface area contributed by atoms with Gasteiger partial charge in [-0.1, -0.05) is 0 Å². The summed E-state index contributed by atoms with van der Waals surface area (Å²) in [6.07, 6.45) is 3.42. The number of hydrogen-bond donors (Lipinski definition) is 0. The Labute approximate surface area is 114 Å². The van der Waals surface area contributed by atoms with Crippen molar-refractivity contribution in [2.24, 2.45) is 0 Å². The van der Waals surface area contributed by atoms with E-state index >= 15 is 0 Å². The van der Waals surface area contributed by atoms with Crippen LogP contribution in [0.3, 0.4) is 0 Å². The van der Waals surface area contributed by atoms with Gasteiger partial charge in [-0.15, -0.1) is 0 Å². The first-order valence-corrected chi connectivity index (χ1v) is 6.08. The molecule has 0 fully saturated rings. The number of rotatable bonds is 2. The van der Waals surface area contributed by atoms with Gasteiger partial charge in [0.1, 0.15) is 11.6 Å². The Hall–Kier alpha value is -2.43. The van der Waals surface area contributed by atoms with E-state index in [2.05, 4.69) is 4.98 Å². The first-order valence-electron chi connectivity index (χ1n) is 6.08. The number of imidazole rings is 1. The maximum Gasteiger partial charge on any atom is 0.180 e. The summed E-state index contributed by atoms with van der Waals surface area (Å²) in [5.41, 5.74) is 1.34. The van der Waals surface area contributed by atoms with Crippen LogP contribution in [-0.4, -0.2) is 16.5 Å². The van der Waals surface area contributed by atoms with Crippen LogP contribution >= 0.6 is 0 Å². The van der Waals surface area contributed by atoms with Crippen LogP contribution < -0.4 is 4.74 Å². The molecule has 0 aliphatic rings. The first kappa shape index (κ1) is 12.6. The molecule has 102 valence electrons. The van der Waals surface area contributed by atoms with Crippen molar-refractivity contribution in [3.63, 3.8) is 0 Å². The molecule has 3 rings (SSSR count). The van der Waals surface area contributed by atoms with Crippen molar-refractivity contribution < 1.29 is 13.5 Å². The van der Waals surface area contributed by atoms with Crippen LogP contribution in [-0.2, 0) is 0 Å². The van der Waals surface area contributed by atoms with Crippen molar-refractivity contribution in [2.45, 2.75) is 6.92 Å². The fraction of sp³-hybridized carbons (Fsp3) is 0.133. The summed E-state index contributed by atoms with van der Waals surface area (Å²) in [4.78, 5) is 4.32. The van der Waals surface area contributed by atoms with Gasteiger partial charge in [-0.05, 0) is 36.8 Å². The van der Waals surface area contributed by atoms with Crippen LogP contribution in [0.2, 0.25) is 0 Å². The van der Waals surface area contributed by atoms with Crippen molar-refractivity contribution >= 4 is 5.65 Å². The maximum atomic E-state index is 14.0. The van der Waals surface area contributed by atoms with Crippen LogP contribution in [0.4, 0.5) is 8.78 Å². The van der Waals surface area contributed by atoms with Gasteiger partial charge in [0.05, 0.1) is 12.8 Å². The Balaban J connectivity index is 2.23. The van der Waals surface area contributed by atoms with E-state index in [1.165, 1.54) is 26.2 Å². The second-order valence-corrected chi connectivity index (χ2v) is 4.51. The zero-order valence-electron chi connectivity index (χ0n) is 11.0. The molecule has 0 unspecified atom stereocenters. The molecule has 2 heterocycles. The lowest BCUT2D eigenvalue weighted by molar-refractivity contribution is 0.417. The summed E-state index contributed by atoms with van der Waals surface area (Å²) < 4.78 is 34.5. The van der Waals surface area contributed by atoms with E-state index in [9.17, 15) is 8.78 Å². The molecule has 0 radical (unpaired) electrons. The Kier molecular flexibility index (Phi) is 2.89. The minimum atomic E-state index is -0.494. The highest BCUT2D eigenvalue weighted by Gasteiger charge is 2.14. The maximum absolute atomic E-state index is 14.0. The summed E-state index contributed by atoms with van der Waals surface area (Å²) >= 11 is 0. The number of nitrogens with zero attached hydrogens (tertiary/aromatic N) is 2. The van der Waals surface area contributed by atoms with Crippen molar-refractivity contribution in [2.75, 3.05) is 7.11 Å². The van der Waals surface area contributed by atoms with E-state index in [4.69, 9.17) is 4.74 Å². The van der Waals surface area contributed by atoms with Crippen molar-refractivity contribution in [1.29, 1.82) is 0 Å². The number of benzene rings is 1. The summed E-state index contributed by atoms with van der Waals surface area (Å²) in [5, 5.41) is 0. The van der Waals surface area contributed by atoms with Crippen LogP contribution in [0.15, 0.2) is 36.7 Å². The zero-order chi connectivity index (χ0) is 14.3. The molecule has 0 spiro atoms. The number of halogens is 2. The Morgan fingerprint density at radius 3 is 2.75 bits per heavy atom. The molecule has 0 atom stereocenters. The predicted octanol–water partition coefficient (Wildman–Crippen LogP) is 3.60. The van der Waals surface area contributed by atoms with Crippen molar-refractivity contribution in [3.05, 3.63) is 53.9 Å². The van der Waals surface area contributed by atoms with E-state index in [0.29, 0.717) is 17.1 Å². The number of aromatic nitrogens is 2. The van der Waals surface area contributed by atoms with Gasteiger partial charge >= 0.3 is 0 Å². The van der Waals surface area contributed by atoms with Gasteiger partial charge in [-0.25, -0.2) is 13.8 Å². The molecule has 20 heavy (non-hydrogen) atoms. The number of pyridine rings is 1. The number of hydrogen-bond acceptors (Lipinski definition) is 2. The van der Waals surface area contributed by atoms with Gasteiger partial charge in [-0.2, -0.15) is 0 Å². The average molecular weight is 274 g/mol. The molecule has 1 aromatic carbocycles. The Morgan fingerprint density at radius 1 is 1.20 bits per heavy atom. The number of ether oxygens (including phenoxy) is 1. The van der Waals surface area contributed by atoms with Gasteiger partial charge in [0.2, 0.25) is 0 Å². The lowest BCUT2D eigenvalue weighted by Crippen LogP contribution is -1.90. The van der Waals surface area contributed by atoms with Crippen LogP contribution in [0.25, 0.3) is 16.9 Å². The van der Waals surface area contributed by atoms with Gasteiger partial charge < -0.3 is 9.14 Å². The smallest absolute Gasteiger partial charge is 0.180 e. The molecule has 2 aromatic heterocycles. The molecule has 3 nitrogen and oxygen atoms in total. The molecular formula is C15H12F2N2O. The molecule has 0 bridgehead atoms. The second-order valence-electron chi connectivity index (χ2n) is 4.51. The fourth-order valence-electron chi connectivity index (χ4n) is 2.12. The number of fused-ring (bicyclic) bond motifs is 1.